The maximum Gasteiger partial charge on any atom is 0.482 e. The fourth-order valence-electron chi connectivity index (χ4n) is 4.12. The van der Waals surface area contributed by atoms with E-state index in [1.54, 1.807) is 6.07 Å². The lowest BCUT2D eigenvalue weighted by Crippen LogP contribution is -2.50. The molecule has 4 rings (SSSR count). The van der Waals surface area contributed by atoms with Gasteiger partial charge in [-0.25, -0.2) is 9.97 Å². The van der Waals surface area contributed by atoms with Gasteiger partial charge in [0.15, 0.2) is 0 Å². The molecule has 1 aromatic carbocycles. The maximum atomic E-state index is 13.1. The summed E-state index contributed by atoms with van der Waals surface area (Å²) < 4.78 is 37.3. The van der Waals surface area contributed by atoms with Crippen molar-refractivity contribution in [2.24, 2.45) is 5.92 Å². The topological polar surface area (TPSA) is 93.6 Å². The summed E-state index contributed by atoms with van der Waals surface area (Å²) in [7, 11) is 0. The van der Waals surface area contributed by atoms with Gasteiger partial charge < -0.3 is 15.3 Å². The number of alkyl halides is 3. The van der Waals surface area contributed by atoms with E-state index >= 15 is 0 Å². The van der Waals surface area contributed by atoms with Crippen LogP contribution in [0.15, 0.2) is 54.9 Å². The first-order valence-corrected chi connectivity index (χ1v) is 11.4. The zero-order valence-corrected chi connectivity index (χ0v) is 19.0. The Morgan fingerprint density at radius 3 is 2.49 bits per heavy atom. The first-order chi connectivity index (χ1) is 16.8. The molecule has 11 heteroatoms. The van der Waals surface area contributed by atoms with E-state index in [1.807, 2.05) is 23.1 Å². The Hall–Kier alpha value is -3.44. The lowest BCUT2D eigenvalue weighted by Gasteiger charge is -2.36. The zero-order chi connectivity index (χ0) is 24.8. The number of aromatic nitrogens is 2. The highest BCUT2D eigenvalue weighted by Crippen LogP contribution is 2.27. The highest BCUT2D eigenvalue weighted by Gasteiger charge is 2.28. The van der Waals surface area contributed by atoms with E-state index in [0.29, 0.717) is 43.3 Å². The molecule has 1 amide bonds. The molecule has 2 aromatic rings. The highest BCUT2D eigenvalue weighted by molar-refractivity contribution is 5.86. The average Bonchev–Trinajstić information content (AvgIpc) is 2.85. The second kappa shape index (κ2) is 10.9. The molecule has 3 N–H and O–H groups in total. The van der Waals surface area contributed by atoms with Crippen molar-refractivity contribution in [3.05, 3.63) is 60.6 Å². The van der Waals surface area contributed by atoms with Crippen molar-refractivity contribution >= 4 is 28.7 Å². The molecule has 186 valence electrons. The number of β-amino-alcohol motifs (C(OH)–C–C–N with tert-alkyl or cyclic N) is 1. The number of hydrogen-bond donors (Lipinski definition) is 3. The van der Waals surface area contributed by atoms with E-state index in [2.05, 4.69) is 20.2 Å². The number of allylic oxidation sites excluding steroid dienone is 3. The number of halogens is 3. The van der Waals surface area contributed by atoms with Crippen LogP contribution >= 0.6 is 0 Å². The molecular weight excluding hydrogens is 461 g/mol. The summed E-state index contributed by atoms with van der Waals surface area (Å²) in [4.78, 5) is 25.6. The highest BCUT2D eigenvalue weighted by atomic mass is 19.4. The number of aliphatic hydroxyl groups is 1. The Morgan fingerprint density at radius 2 is 1.80 bits per heavy atom. The summed E-state index contributed by atoms with van der Waals surface area (Å²) in [6, 6.07) is 7.42. The molecule has 35 heavy (non-hydrogen) atoms. The molecule has 0 radical (unpaired) electrons. The minimum Gasteiger partial charge on any atom is -0.395 e. The molecule has 1 aliphatic carbocycles. The van der Waals surface area contributed by atoms with Gasteiger partial charge in [0.2, 0.25) is 5.91 Å². The van der Waals surface area contributed by atoms with Gasteiger partial charge in [0, 0.05) is 50.2 Å². The van der Waals surface area contributed by atoms with Crippen LogP contribution in [0.1, 0.15) is 12.1 Å². The number of nitrogens with zero attached hydrogens (tertiary/aromatic N) is 4. The minimum atomic E-state index is -4.49. The van der Waals surface area contributed by atoms with Gasteiger partial charge >= 0.3 is 6.30 Å². The molecule has 1 aromatic heterocycles. The molecule has 1 fully saturated rings. The predicted molar refractivity (Wildman–Crippen MR) is 127 cm³/mol. The van der Waals surface area contributed by atoms with Gasteiger partial charge in [-0.15, -0.1) is 0 Å². The molecule has 2 aliphatic rings. The normalized spacial score (nSPS) is 18.8. The molecule has 2 heterocycles. The summed E-state index contributed by atoms with van der Waals surface area (Å²) >= 11 is 0. The Kier molecular flexibility index (Phi) is 7.67. The fraction of sp³-hybridized carbons (Fsp3) is 0.375. The smallest absolute Gasteiger partial charge is 0.395 e. The molecule has 1 atom stereocenters. The van der Waals surface area contributed by atoms with Gasteiger partial charge in [-0.2, -0.15) is 13.2 Å². The Labute approximate surface area is 201 Å². The van der Waals surface area contributed by atoms with Crippen LogP contribution in [0.4, 0.5) is 30.4 Å². The standard InChI is InChI=1S/C24H27F3N6O2/c25-24(26,27)31-20-6-4-19(5-7-20)30-22-15-21(28-16-29-22)17-2-1-3-18(14-17)23(35)33-10-8-32(9-11-33)12-13-34/h1-2,4-7,14-16,18,31,34H,3,8-13H2,(H,28,29,30). The third-order valence-corrected chi connectivity index (χ3v) is 5.89. The summed E-state index contributed by atoms with van der Waals surface area (Å²) in [6.45, 7) is 3.52. The van der Waals surface area contributed by atoms with Gasteiger partial charge in [0.1, 0.15) is 12.1 Å². The van der Waals surface area contributed by atoms with Crippen LogP contribution in [-0.2, 0) is 4.79 Å². The molecule has 1 aliphatic heterocycles. The summed E-state index contributed by atoms with van der Waals surface area (Å²) in [5, 5.41) is 13.6. The Bertz CT molecular complexity index is 1080. The van der Waals surface area contributed by atoms with Crippen LogP contribution in [0.5, 0.6) is 0 Å². The van der Waals surface area contributed by atoms with Crippen LogP contribution < -0.4 is 10.6 Å². The van der Waals surface area contributed by atoms with Crippen LogP contribution in [0.2, 0.25) is 0 Å². The SMILES string of the molecule is O=C(C1C=C(c2cc(Nc3ccc(NC(F)(F)F)cc3)ncn2)C=CC1)N1CCN(CCO)CC1. The van der Waals surface area contributed by atoms with E-state index in [9.17, 15) is 18.0 Å². The van der Waals surface area contributed by atoms with Gasteiger partial charge in [-0.1, -0.05) is 18.2 Å². The monoisotopic (exact) mass is 488 g/mol. The third kappa shape index (κ3) is 6.80. The molecule has 0 saturated carbocycles. The molecule has 0 bridgehead atoms. The van der Waals surface area contributed by atoms with Crippen molar-refractivity contribution in [2.45, 2.75) is 12.7 Å². The van der Waals surface area contributed by atoms with Crippen LogP contribution in [0.3, 0.4) is 0 Å². The number of aliphatic hydroxyl groups excluding tert-OH is 1. The largest absolute Gasteiger partial charge is 0.482 e. The first kappa shape index (κ1) is 24.7. The van der Waals surface area contributed by atoms with E-state index in [4.69, 9.17) is 5.11 Å². The first-order valence-electron chi connectivity index (χ1n) is 11.4. The number of benzene rings is 1. The Morgan fingerprint density at radius 1 is 1.09 bits per heavy atom. The predicted octanol–water partition coefficient (Wildman–Crippen LogP) is 3.25. The number of amides is 1. The van der Waals surface area contributed by atoms with Crippen LogP contribution in [-0.4, -0.2) is 76.4 Å². The number of piperazine rings is 1. The number of anilines is 3. The van der Waals surface area contributed by atoms with Crippen molar-refractivity contribution in [1.29, 1.82) is 0 Å². The van der Waals surface area contributed by atoms with E-state index in [-0.39, 0.29) is 24.1 Å². The van der Waals surface area contributed by atoms with Crippen molar-refractivity contribution in [1.82, 2.24) is 19.8 Å². The van der Waals surface area contributed by atoms with Crippen LogP contribution in [0, 0.1) is 5.92 Å². The maximum absolute atomic E-state index is 13.1. The third-order valence-electron chi connectivity index (χ3n) is 5.89. The lowest BCUT2D eigenvalue weighted by molar-refractivity contribution is -0.135. The van der Waals surface area contributed by atoms with Crippen molar-refractivity contribution in [3.63, 3.8) is 0 Å². The fourth-order valence-corrected chi connectivity index (χ4v) is 4.12. The molecule has 8 nitrogen and oxygen atoms in total. The van der Waals surface area contributed by atoms with E-state index in [0.717, 1.165) is 18.7 Å². The number of nitrogens with one attached hydrogen (secondary N) is 2. The molecule has 1 unspecified atom stereocenters. The van der Waals surface area contributed by atoms with Crippen LogP contribution in [0.25, 0.3) is 5.57 Å². The summed E-state index contributed by atoms with van der Waals surface area (Å²) in [6.07, 6.45) is 3.33. The van der Waals surface area contributed by atoms with Gasteiger partial charge in [-0.3, -0.25) is 15.0 Å². The quantitative estimate of drug-likeness (QED) is 0.515. The number of carbonyl (C=O) groups is 1. The second-order valence-electron chi connectivity index (χ2n) is 8.37. The molecule has 0 spiro atoms. The minimum absolute atomic E-state index is 0.0607. The lowest BCUT2D eigenvalue weighted by atomic mass is 9.93. The number of carbonyl (C=O) groups excluding carboxylic acids is 1. The summed E-state index contributed by atoms with van der Waals surface area (Å²) in [5.41, 5.74) is 1.96. The van der Waals surface area contributed by atoms with Crippen molar-refractivity contribution < 1.29 is 23.1 Å². The second-order valence-corrected chi connectivity index (χ2v) is 8.37. The van der Waals surface area contributed by atoms with E-state index in [1.165, 1.54) is 35.9 Å². The van der Waals surface area contributed by atoms with Crippen molar-refractivity contribution in [3.8, 4) is 0 Å². The Balaban J connectivity index is 1.41. The molecular formula is C24H27F3N6O2. The van der Waals surface area contributed by atoms with E-state index < -0.39 is 6.30 Å². The average molecular weight is 489 g/mol. The van der Waals surface area contributed by atoms with Gasteiger partial charge in [0.05, 0.1) is 18.2 Å². The number of hydrogen-bond acceptors (Lipinski definition) is 7. The van der Waals surface area contributed by atoms with Gasteiger partial charge in [-0.05, 0) is 36.3 Å². The molecule has 1 saturated heterocycles. The van der Waals surface area contributed by atoms with Crippen molar-refractivity contribution in [2.75, 3.05) is 50.0 Å². The zero-order valence-electron chi connectivity index (χ0n) is 19.0. The van der Waals surface area contributed by atoms with Gasteiger partial charge in [0.25, 0.3) is 0 Å². The number of rotatable bonds is 7. The summed E-state index contributed by atoms with van der Waals surface area (Å²) in [5.74, 6) is 0.282.